The number of thiazole rings is 1. The molecule has 0 aromatic carbocycles. The van der Waals surface area contributed by atoms with E-state index in [1.165, 1.54) is 29.9 Å². The van der Waals surface area contributed by atoms with Gasteiger partial charge in [-0.15, -0.1) is 11.3 Å². The molecule has 7 heteroatoms. The lowest BCUT2D eigenvalue weighted by Crippen LogP contribution is -2.13. The van der Waals surface area contributed by atoms with Crippen molar-refractivity contribution in [3.8, 4) is 0 Å². The van der Waals surface area contributed by atoms with Gasteiger partial charge in [0.05, 0.1) is 6.20 Å². The van der Waals surface area contributed by atoms with Crippen molar-refractivity contribution < 1.29 is 4.79 Å². The molecule has 5 nitrogen and oxygen atoms in total. The molecular weight excluding hydrogens is 280 g/mol. The second kappa shape index (κ2) is 4.45. The molecular formula is C8H5BrN4OS. The normalized spacial score (nSPS) is 9.93. The summed E-state index contributed by atoms with van der Waals surface area (Å²) in [4.78, 5) is 23.3. The second-order valence-corrected chi connectivity index (χ2v) is 4.66. The number of nitrogens with one attached hydrogen (secondary N) is 1. The van der Waals surface area contributed by atoms with E-state index in [1.807, 2.05) is 0 Å². The molecule has 0 atom stereocenters. The largest absolute Gasteiger partial charge is 0.304 e. The number of nitrogens with zero attached hydrogens (tertiary/aromatic N) is 3. The van der Waals surface area contributed by atoms with Crippen LogP contribution in [0.1, 0.15) is 10.5 Å². The van der Waals surface area contributed by atoms with Crippen LogP contribution in [-0.4, -0.2) is 20.9 Å². The summed E-state index contributed by atoms with van der Waals surface area (Å²) in [5, 5.41) is 4.24. The van der Waals surface area contributed by atoms with E-state index in [4.69, 9.17) is 0 Å². The van der Waals surface area contributed by atoms with E-state index in [0.717, 1.165) is 0 Å². The molecule has 0 spiro atoms. The van der Waals surface area contributed by atoms with Crippen LogP contribution in [0, 0.1) is 0 Å². The van der Waals surface area contributed by atoms with E-state index in [1.54, 1.807) is 5.38 Å². The third kappa shape index (κ3) is 2.57. The maximum Gasteiger partial charge on any atom is 0.276 e. The number of anilines is 1. The fourth-order valence-corrected chi connectivity index (χ4v) is 1.89. The highest BCUT2D eigenvalue weighted by atomic mass is 79.9. The van der Waals surface area contributed by atoms with Gasteiger partial charge in [0.1, 0.15) is 5.69 Å². The van der Waals surface area contributed by atoms with Gasteiger partial charge in [0.15, 0.2) is 9.73 Å². The van der Waals surface area contributed by atoms with Gasteiger partial charge in [-0.1, -0.05) is 0 Å². The van der Waals surface area contributed by atoms with E-state index in [9.17, 15) is 4.79 Å². The molecule has 2 aromatic heterocycles. The summed E-state index contributed by atoms with van der Waals surface area (Å²) in [6.45, 7) is 0. The lowest BCUT2D eigenvalue weighted by molar-refractivity contribution is 0.102. The first-order chi connectivity index (χ1) is 7.25. The van der Waals surface area contributed by atoms with Crippen LogP contribution in [0.15, 0.2) is 27.9 Å². The van der Waals surface area contributed by atoms with Crippen molar-refractivity contribution in [2.24, 2.45) is 0 Å². The van der Waals surface area contributed by atoms with E-state index in [0.29, 0.717) is 15.4 Å². The van der Waals surface area contributed by atoms with Crippen LogP contribution in [0.5, 0.6) is 0 Å². The number of carbonyl (C=O) groups is 1. The molecule has 76 valence electrons. The van der Waals surface area contributed by atoms with Crippen molar-refractivity contribution in [3.05, 3.63) is 33.6 Å². The zero-order valence-electron chi connectivity index (χ0n) is 7.35. The number of carbonyl (C=O) groups excluding carboxylic acids is 1. The van der Waals surface area contributed by atoms with Gasteiger partial charge >= 0.3 is 0 Å². The Labute approximate surface area is 97.7 Å². The average Bonchev–Trinajstić information content (AvgIpc) is 2.66. The number of amides is 1. The van der Waals surface area contributed by atoms with E-state index in [2.05, 4.69) is 36.2 Å². The summed E-state index contributed by atoms with van der Waals surface area (Å²) in [6.07, 6.45) is 4.51. The molecule has 2 heterocycles. The molecule has 15 heavy (non-hydrogen) atoms. The minimum atomic E-state index is -0.294. The SMILES string of the molecule is O=C(Nc1cnccn1)c1csc(Br)n1. The second-order valence-electron chi connectivity index (χ2n) is 2.53. The van der Waals surface area contributed by atoms with Crippen molar-refractivity contribution in [2.75, 3.05) is 5.32 Å². The molecule has 0 unspecified atom stereocenters. The molecule has 0 saturated heterocycles. The zero-order chi connectivity index (χ0) is 10.7. The van der Waals surface area contributed by atoms with Crippen molar-refractivity contribution in [2.45, 2.75) is 0 Å². The highest BCUT2D eigenvalue weighted by molar-refractivity contribution is 9.11. The van der Waals surface area contributed by atoms with Crippen LogP contribution in [0.4, 0.5) is 5.82 Å². The molecule has 0 aliphatic carbocycles. The summed E-state index contributed by atoms with van der Waals surface area (Å²) in [5.41, 5.74) is 0.359. The van der Waals surface area contributed by atoms with Gasteiger partial charge in [-0.25, -0.2) is 9.97 Å². The standard InChI is InChI=1S/C8H5BrN4OS/c9-8-12-5(4-15-8)7(14)13-6-3-10-1-2-11-6/h1-4H,(H,11,13,14). The number of aromatic nitrogens is 3. The number of rotatable bonds is 2. The summed E-state index contributed by atoms with van der Waals surface area (Å²) in [7, 11) is 0. The Morgan fingerprint density at radius 3 is 2.93 bits per heavy atom. The monoisotopic (exact) mass is 284 g/mol. The third-order valence-corrected chi connectivity index (χ3v) is 2.88. The maximum atomic E-state index is 11.6. The van der Waals surface area contributed by atoms with Crippen LogP contribution in [-0.2, 0) is 0 Å². The summed E-state index contributed by atoms with van der Waals surface area (Å²) in [5.74, 6) is 0.115. The van der Waals surface area contributed by atoms with Gasteiger partial charge in [-0.2, -0.15) is 0 Å². The minimum absolute atomic E-state index is 0.294. The Balaban J connectivity index is 2.11. The molecule has 1 amide bonds. The molecule has 0 aliphatic heterocycles. The predicted molar refractivity (Wildman–Crippen MR) is 59.8 cm³/mol. The number of hydrogen-bond donors (Lipinski definition) is 1. The first-order valence-electron chi connectivity index (χ1n) is 3.94. The molecule has 2 rings (SSSR count). The highest BCUT2D eigenvalue weighted by Crippen LogP contribution is 2.16. The topological polar surface area (TPSA) is 67.8 Å². The molecule has 0 fully saturated rings. The molecule has 0 aliphatic rings. The molecule has 2 aromatic rings. The number of halogens is 1. The highest BCUT2D eigenvalue weighted by Gasteiger charge is 2.10. The predicted octanol–water partition coefficient (Wildman–Crippen LogP) is 1.95. The summed E-state index contributed by atoms with van der Waals surface area (Å²) < 4.78 is 0.673. The van der Waals surface area contributed by atoms with Crippen LogP contribution >= 0.6 is 27.3 Å². The smallest absolute Gasteiger partial charge is 0.276 e. The fourth-order valence-electron chi connectivity index (χ4n) is 0.900. The molecule has 0 saturated carbocycles. The Bertz CT molecular complexity index is 473. The molecule has 0 bridgehead atoms. The van der Waals surface area contributed by atoms with Crippen LogP contribution in [0.25, 0.3) is 0 Å². The van der Waals surface area contributed by atoms with E-state index in [-0.39, 0.29) is 5.91 Å². The van der Waals surface area contributed by atoms with Gasteiger partial charge in [-0.05, 0) is 15.9 Å². The first kappa shape index (κ1) is 10.2. The quantitative estimate of drug-likeness (QED) is 0.915. The van der Waals surface area contributed by atoms with Gasteiger partial charge in [-0.3, -0.25) is 9.78 Å². The average molecular weight is 285 g/mol. The van der Waals surface area contributed by atoms with Gasteiger partial charge in [0.2, 0.25) is 0 Å². The molecule has 0 radical (unpaired) electrons. The van der Waals surface area contributed by atoms with Crippen LogP contribution < -0.4 is 5.32 Å². The lowest BCUT2D eigenvalue weighted by atomic mass is 10.4. The Morgan fingerprint density at radius 1 is 1.47 bits per heavy atom. The third-order valence-electron chi connectivity index (χ3n) is 1.51. The molecule has 1 N–H and O–H groups in total. The Hall–Kier alpha value is -1.34. The van der Waals surface area contributed by atoms with Gasteiger partial charge < -0.3 is 5.32 Å². The van der Waals surface area contributed by atoms with Crippen LogP contribution in [0.3, 0.4) is 0 Å². The van der Waals surface area contributed by atoms with E-state index >= 15 is 0 Å². The number of hydrogen-bond acceptors (Lipinski definition) is 5. The first-order valence-corrected chi connectivity index (χ1v) is 5.61. The summed E-state index contributed by atoms with van der Waals surface area (Å²) >= 11 is 4.54. The Kier molecular flexibility index (Phi) is 3.02. The van der Waals surface area contributed by atoms with Gasteiger partial charge in [0, 0.05) is 17.8 Å². The van der Waals surface area contributed by atoms with E-state index < -0.39 is 0 Å². The van der Waals surface area contributed by atoms with Gasteiger partial charge in [0.25, 0.3) is 5.91 Å². The Morgan fingerprint density at radius 2 is 2.33 bits per heavy atom. The van der Waals surface area contributed by atoms with Crippen molar-refractivity contribution >= 4 is 39.0 Å². The van der Waals surface area contributed by atoms with Crippen molar-refractivity contribution in [3.63, 3.8) is 0 Å². The van der Waals surface area contributed by atoms with Crippen LogP contribution in [0.2, 0.25) is 0 Å². The maximum absolute atomic E-state index is 11.6. The zero-order valence-corrected chi connectivity index (χ0v) is 9.75. The minimum Gasteiger partial charge on any atom is -0.304 e. The van der Waals surface area contributed by atoms with Crippen molar-refractivity contribution in [1.82, 2.24) is 15.0 Å². The lowest BCUT2D eigenvalue weighted by Gasteiger charge is -1.99. The fraction of sp³-hybridized carbons (Fsp3) is 0. The van der Waals surface area contributed by atoms with Crippen molar-refractivity contribution in [1.29, 1.82) is 0 Å². The summed E-state index contributed by atoms with van der Waals surface area (Å²) in [6, 6.07) is 0.